The van der Waals surface area contributed by atoms with E-state index >= 15 is 0 Å². The van der Waals surface area contributed by atoms with E-state index in [2.05, 4.69) is 11.4 Å². The second-order valence-electron chi connectivity index (χ2n) is 4.73. The van der Waals surface area contributed by atoms with Gasteiger partial charge in [-0.05, 0) is 48.7 Å². The van der Waals surface area contributed by atoms with Crippen LogP contribution in [0.5, 0.6) is 0 Å². The van der Waals surface area contributed by atoms with Crippen molar-refractivity contribution in [2.24, 2.45) is 0 Å². The quantitative estimate of drug-likeness (QED) is 0.920. The molecule has 0 radical (unpaired) electrons. The zero-order valence-corrected chi connectivity index (χ0v) is 11.6. The Labute approximate surface area is 118 Å². The Bertz CT molecular complexity index is 666. The molecule has 0 aromatic heterocycles. The third-order valence-electron chi connectivity index (χ3n) is 3.35. The number of nitrogens with one attached hydrogen (secondary N) is 1. The molecule has 0 aliphatic carbocycles. The van der Waals surface area contributed by atoms with Crippen molar-refractivity contribution in [3.05, 3.63) is 64.7 Å². The van der Waals surface area contributed by atoms with Gasteiger partial charge in [0.1, 0.15) is 0 Å². The van der Waals surface area contributed by atoms with Gasteiger partial charge in [-0.2, -0.15) is 5.26 Å². The number of amides is 1. The maximum atomic E-state index is 12.2. The Kier molecular flexibility index (Phi) is 4.17. The normalized spacial score (nSPS) is 9.85. The zero-order chi connectivity index (χ0) is 14.5. The van der Waals surface area contributed by atoms with E-state index in [0.717, 1.165) is 22.4 Å². The highest BCUT2D eigenvalue weighted by Crippen LogP contribution is 2.19. The first-order valence-electron chi connectivity index (χ1n) is 6.45. The molecule has 0 saturated heterocycles. The average molecular weight is 264 g/mol. The number of benzene rings is 2. The first-order valence-corrected chi connectivity index (χ1v) is 6.45. The van der Waals surface area contributed by atoms with Gasteiger partial charge in [0, 0.05) is 11.3 Å². The van der Waals surface area contributed by atoms with Crippen LogP contribution in [0.1, 0.15) is 27.0 Å². The van der Waals surface area contributed by atoms with Gasteiger partial charge in [-0.1, -0.05) is 24.3 Å². The molecule has 2 aromatic carbocycles. The predicted octanol–water partition coefficient (Wildman–Crippen LogP) is 3.62. The van der Waals surface area contributed by atoms with Gasteiger partial charge in [0.2, 0.25) is 0 Å². The number of rotatable bonds is 3. The third-order valence-corrected chi connectivity index (χ3v) is 3.35. The Hall–Kier alpha value is -2.60. The van der Waals surface area contributed by atoms with E-state index in [1.807, 2.05) is 32.0 Å². The Morgan fingerprint density at radius 1 is 1.15 bits per heavy atom. The highest BCUT2D eigenvalue weighted by molar-refractivity contribution is 6.04. The second-order valence-corrected chi connectivity index (χ2v) is 4.73. The molecular formula is C17H16N2O. The molecule has 3 heteroatoms. The summed E-state index contributed by atoms with van der Waals surface area (Å²) >= 11 is 0. The van der Waals surface area contributed by atoms with Crippen molar-refractivity contribution < 1.29 is 4.79 Å². The fraction of sp³-hybridized carbons (Fsp3) is 0.176. The molecule has 1 N–H and O–H groups in total. The van der Waals surface area contributed by atoms with Crippen LogP contribution in [-0.2, 0) is 6.42 Å². The summed E-state index contributed by atoms with van der Waals surface area (Å²) in [5.41, 5.74) is 4.55. The molecule has 0 spiro atoms. The molecule has 0 aliphatic rings. The van der Waals surface area contributed by atoms with Gasteiger partial charge in [-0.25, -0.2) is 0 Å². The van der Waals surface area contributed by atoms with E-state index in [-0.39, 0.29) is 5.91 Å². The summed E-state index contributed by atoms with van der Waals surface area (Å²) in [5.74, 6) is -0.137. The highest BCUT2D eigenvalue weighted by Gasteiger charge is 2.08. The lowest BCUT2D eigenvalue weighted by Crippen LogP contribution is -2.13. The lowest BCUT2D eigenvalue weighted by Gasteiger charge is -2.10. The maximum absolute atomic E-state index is 12.2. The van der Waals surface area contributed by atoms with Crippen molar-refractivity contribution in [2.45, 2.75) is 20.3 Å². The molecule has 0 heterocycles. The monoisotopic (exact) mass is 264 g/mol. The van der Waals surface area contributed by atoms with Crippen LogP contribution in [0.2, 0.25) is 0 Å². The average Bonchev–Trinajstić information content (AvgIpc) is 2.45. The van der Waals surface area contributed by atoms with E-state index in [1.165, 1.54) is 0 Å². The Morgan fingerprint density at radius 2 is 1.85 bits per heavy atom. The summed E-state index contributed by atoms with van der Waals surface area (Å²) in [6.07, 6.45) is 0.360. The minimum Gasteiger partial charge on any atom is -0.322 e. The van der Waals surface area contributed by atoms with Crippen molar-refractivity contribution in [3.8, 4) is 6.07 Å². The van der Waals surface area contributed by atoms with E-state index < -0.39 is 0 Å². The lowest BCUT2D eigenvalue weighted by molar-refractivity contribution is 0.102. The molecular weight excluding hydrogens is 248 g/mol. The summed E-state index contributed by atoms with van der Waals surface area (Å²) in [4.78, 5) is 12.2. The van der Waals surface area contributed by atoms with Crippen LogP contribution >= 0.6 is 0 Å². The number of hydrogen-bond donors (Lipinski definition) is 1. The summed E-state index contributed by atoms with van der Waals surface area (Å²) in [6.45, 7) is 4.00. The number of aryl methyl sites for hydroxylation is 1. The van der Waals surface area contributed by atoms with Crippen LogP contribution in [0, 0.1) is 25.2 Å². The van der Waals surface area contributed by atoms with E-state index in [0.29, 0.717) is 12.0 Å². The van der Waals surface area contributed by atoms with Gasteiger partial charge in [-0.15, -0.1) is 0 Å². The van der Waals surface area contributed by atoms with Gasteiger partial charge in [0.25, 0.3) is 5.91 Å². The van der Waals surface area contributed by atoms with Crippen molar-refractivity contribution in [2.75, 3.05) is 5.32 Å². The predicted molar refractivity (Wildman–Crippen MR) is 79.6 cm³/mol. The molecule has 0 bridgehead atoms. The highest BCUT2D eigenvalue weighted by atomic mass is 16.1. The summed E-state index contributed by atoms with van der Waals surface area (Å²) in [7, 11) is 0. The molecule has 20 heavy (non-hydrogen) atoms. The van der Waals surface area contributed by atoms with Crippen LogP contribution in [0.15, 0.2) is 42.5 Å². The van der Waals surface area contributed by atoms with Gasteiger partial charge in [0.15, 0.2) is 0 Å². The number of carbonyl (C=O) groups is 1. The number of anilines is 1. The fourth-order valence-electron chi connectivity index (χ4n) is 1.95. The number of hydrogen-bond acceptors (Lipinski definition) is 2. The molecule has 2 rings (SSSR count). The Balaban J connectivity index is 2.16. The smallest absolute Gasteiger partial charge is 0.255 e. The maximum Gasteiger partial charge on any atom is 0.255 e. The third kappa shape index (κ3) is 3.04. The van der Waals surface area contributed by atoms with Crippen LogP contribution in [0.25, 0.3) is 0 Å². The van der Waals surface area contributed by atoms with Gasteiger partial charge in [-0.3, -0.25) is 4.79 Å². The van der Waals surface area contributed by atoms with Crippen molar-refractivity contribution in [1.29, 1.82) is 5.26 Å². The minimum atomic E-state index is -0.137. The molecule has 3 nitrogen and oxygen atoms in total. The van der Waals surface area contributed by atoms with Crippen molar-refractivity contribution in [3.63, 3.8) is 0 Å². The van der Waals surface area contributed by atoms with Crippen LogP contribution in [0.3, 0.4) is 0 Å². The summed E-state index contributed by atoms with van der Waals surface area (Å²) in [6, 6.07) is 15.0. The molecule has 2 aromatic rings. The molecule has 0 saturated carbocycles. The molecule has 0 fully saturated rings. The van der Waals surface area contributed by atoms with Gasteiger partial charge < -0.3 is 5.32 Å². The summed E-state index contributed by atoms with van der Waals surface area (Å²) < 4.78 is 0. The first kappa shape index (κ1) is 13.8. The fourth-order valence-corrected chi connectivity index (χ4v) is 1.95. The molecule has 1 amide bonds. The van der Waals surface area contributed by atoms with Crippen LogP contribution in [-0.4, -0.2) is 5.91 Å². The van der Waals surface area contributed by atoms with Gasteiger partial charge in [0.05, 0.1) is 12.5 Å². The number of carbonyl (C=O) groups excluding carboxylic acids is 1. The van der Waals surface area contributed by atoms with Crippen molar-refractivity contribution in [1.82, 2.24) is 0 Å². The minimum absolute atomic E-state index is 0.137. The van der Waals surface area contributed by atoms with E-state index in [4.69, 9.17) is 5.26 Å². The molecule has 0 unspecified atom stereocenters. The van der Waals surface area contributed by atoms with E-state index in [1.54, 1.807) is 24.3 Å². The lowest BCUT2D eigenvalue weighted by atomic mass is 10.1. The second kappa shape index (κ2) is 6.03. The van der Waals surface area contributed by atoms with Gasteiger partial charge >= 0.3 is 0 Å². The largest absolute Gasteiger partial charge is 0.322 e. The standard InChI is InChI=1S/C17H16N2O/c1-12-4-3-5-16(13(12)2)19-17(20)15-8-6-14(7-9-15)10-11-18/h3-9H,10H2,1-2H3,(H,19,20). The Morgan fingerprint density at radius 3 is 2.50 bits per heavy atom. The van der Waals surface area contributed by atoms with E-state index in [9.17, 15) is 4.79 Å². The summed E-state index contributed by atoms with van der Waals surface area (Å²) in [5, 5.41) is 11.5. The van der Waals surface area contributed by atoms with Crippen LogP contribution in [0.4, 0.5) is 5.69 Å². The first-order chi connectivity index (χ1) is 9.61. The van der Waals surface area contributed by atoms with Crippen LogP contribution < -0.4 is 5.32 Å². The molecule has 0 aliphatic heterocycles. The number of nitrogens with zero attached hydrogens (tertiary/aromatic N) is 1. The SMILES string of the molecule is Cc1cccc(NC(=O)c2ccc(CC#N)cc2)c1C. The number of nitriles is 1. The topological polar surface area (TPSA) is 52.9 Å². The molecule has 0 atom stereocenters. The van der Waals surface area contributed by atoms with Crippen molar-refractivity contribution >= 4 is 11.6 Å². The molecule has 100 valence electrons. The zero-order valence-electron chi connectivity index (χ0n) is 11.6.